The van der Waals surface area contributed by atoms with Gasteiger partial charge >= 0.3 is 0 Å². The largest absolute Gasteiger partial charge is 0.298 e. The molecule has 0 fully saturated rings. The Labute approximate surface area is 184 Å². The fourth-order valence-corrected chi connectivity index (χ4v) is 2.86. The minimum Gasteiger partial charge on any atom is -0.298 e. The van der Waals surface area contributed by atoms with Crippen LogP contribution in [0.25, 0.3) is 0 Å². The Morgan fingerprint density at radius 3 is 1.55 bits per heavy atom. The van der Waals surface area contributed by atoms with Gasteiger partial charge in [0.15, 0.2) is 0 Å². The van der Waals surface area contributed by atoms with Gasteiger partial charge in [-0.1, -0.05) is 42.5 Å². The standard InChI is InChI=1S/C25H28N6/c1-2-8-23(9-3-1)20-26-14-17-31(18-15-27-21-24-10-4-6-12-29-24)19-16-28-22-25-11-5-7-13-30-25/h1-13,20-22H,14-19H2. The van der Waals surface area contributed by atoms with Gasteiger partial charge in [0.25, 0.3) is 0 Å². The molecule has 2 heterocycles. The summed E-state index contributed by atoms with van der Waals surface area (Å²) in [5, 5.41) is 0. The van der Waals surface area contributed by atoms with E-state index in [-0.39, 0.29) is 0 Å². The Balaban J connectivity index is 1.47. The first kappa shape index (κ1) is 22.2. The molecule has 0 amide bonds. The quantitative estimate of drug-likeness (QED) is 0.428. The SMILES string of the molecule is C(=NCCN(CCN=Cc1ccccn1)CCN=Cc1ccccn1)c1ccccc1. The van der Waals surface area contributed by atoms with Gasteiger partial charge in [-0.25, -0.2) is 0 Å². The van der Waals surface area contributed by atoms with Crippen molar-refractivity contribution in [3.05, 3.63) is 96.1 Å². The van der Waals surface area contributed by atoms with Gasteiger partial charge in [0, 0.05) is 50.7 Å². The molecule has 0 aliphatic carbocycles. The van der Waals surface area contributed by atoms with Crippen LogP contribution in [0.3, 0.4) is 0 Å². The molecule has 0 aliphatic heterocycles. The van der Waals surface area contributed by atoms with Crippen LogP contribution in [0.15, 0.2) is 94.1 Å². The van der Waals surface area contributed by atoms with Crippen LogP contribution in [0.1, 0.15) is 17.0 Å². The van der Waals surface area contributed by atoms with E-state index in [9.17, 15) is 0 Å². The van der Waals surface area contributed by atoms with Gasteiger partial charge in [-0.3, -0.25) is 29.8 Å². The zero-order valence-corrected chi connectivity index (χ0v) is 17.7. The summed E-state index contributed by atoms with van der Waals surface area (Å²) in [5.74, 6) is 0. The summed E-state index contributed by atoms with van der Waals surface area (Å²) in [6.07, 6.45) is 9.13. The van der Waals surface area contributed by atoms with E-state index >= 15 is 0 Å². The molecule has 0 spiro atoms. The molecule has 6 heteroatoms. The first-order chi connectivity index (χ1) is 15.4. The maximum atomic E-state index is 4.57. The predicted octanol–water partition coefficient (Wildman–Crippen LogP) is 3.44. The number of rotatable bonds is 12. The molecule has 0 bridgehead atoms. The Kier molecular flexibility index (Phi) is 9.78. The van der Waals surface area contributed by atoms with E-state index in [2.05, 4.69) is 42.0 Å². The normalized spacial score (nSPS) is 11.9. The van der Waals surface area contributed by atoms with Gasteiger partial charge in [0.1, 0.15) is 0 Å². The summed E-state index contributed by atoms with van der Waals surface area (Å²) < 4.78 is 0. The van der Waals surface area contributed by atoms with Crippen LogP contribution in [0, 0.1) is 0 Å². The molecule has 6 nitrogen and oxygen atoms in total. The summed E-state index contributed by atoms with van der Waals surface area (Å²) in [4.78, 5) is 24.5. The third-order valence-corrected chi connectivity index (χ3v) is 4.50. The van der Waals surface area contributed by atoms with Crippen LogP contribution >= 0.6 is 0 Å². The van der Waals surface area contributed by atoms with Crippen LogP contribution in [-0.2, 0) is 0 Å². The van der Waals surface area contributed by atoms with Crippen molar-refractivity contribution < 1.29 is 0 Å². The highest BCUT2D eigenvalue weighted by Gasteiger charge is 2.03. The van der Waals surface area contributed by atoms with Gasteiger partial charge in [0.05, 0.1) is 31.0 Å². The van der Waals surface area contributed by atoms with E-state index in [1.165, 1.54) is 0 Å². The molecule has 0 unspecified atom stereocenters. The molecular weight excluding hydrogens is 384 g/mol. The lowest BCUT2D eigenvalue weighted by molar-refractivity contribution is 0.298. The van der Waals surface area contributed by atoms with Crippen molar-refractivity contribution in [3.63, 3.8) is 0 Å². The summed E-state index contributed by atoms with van der Waals surface area (Å²) in [6.45, 7) is 4.73. The number of aromatic nitrogens is 2. The summed E-state index contributed by atoms with van der Waals surface area (Å²) in [5.41, 5.74) is 2.87. The third kappa shape index (κ3) is 9.23. The number of hydrogen-bond donors (Lipinski definition) is 0. The molecule has 0 saturated heterocycles. The maximum absolute atomic E-state index is 4.57. The number of aliphatic imine (C=N–C) groups is 3. The van der Waals surface area contributed by atoms with Gasteiger partial charge in [-0.05, 0) is 29.8 Å². The van der Waals surface area contributed by atoms with E-state index in [0.717, 1.165) is 43.1 Å². The molecule has 0 N–H and O–H groups in total. The van der Waals surface area contributed by atoms with Gasteiger partial charge in [0.2, 0.25) is 0 Å². The van der Waals surface area contributed by atoms with Crippen molar-refractivity contribution in [3.8, 4) is 0 Å². The predicted molar refractivity (Wildman–Crippen MR) is 129 cm³/mol. The lowest BCUT2D eigenvalue weighted by atomic mass is 10.2. The summed E-state index contributed by atoms with van der Waals surface area (Å²) >= 11 is 0. The summed E-state index contributed by atoms with van der Waals surface area (Å²) in [7, 11) is 0. The molecular formula is C25H28N6. The molecule has 31 heavy (non-hydrogen) atoms. The van der Waals surface area contributed by atoms with Crippen LogP contribution in [-0.4, -0.2) is 72.8 Å². The highest BCUT2D eigenvalue weighted by Crippen LogP contribution is 1.96. The molecule has 0 radical (unpaired) electrons. The van der Waals surface area contributed by atoms with Crippen LogP contribution in [0.2, 0.25) is 0 Å². The van der Waals surface area contributed by atoms with Crippen LogP contribution in [0.5, 0.6) is 0 Å². The van der Waals surface area contributed by atoms with Crippen molar-refractivity contribution in [1.29, 1.82) is 0 Å². The number of benzene rings is 1. The fourth-order valence-electron chi connectivity index (χ4n) is 2.86. The zero-order chi connectivity index (χ0) is 21.4. The van der Waals surface area contributed by atoms with Crippen molar-refractivity contribution in [2.45, 2.75) is 0 Å². The topological polar surface area (TPSA) is 66.1 Å². The third-order valence-electron chi connectivity index (χ3n) is 4.50. The van der Waals surface area contributed by atoms with Crippen LogP contribution in [0.4, 0.5) is 0 Å². The highest BCUT2D eigenvalue weighted by atomic mass is 15.1. The first-order valence-corrected chi connectivity index (χ1v) is 10.5. The average Bonchev–Trinajstić information content (AvgIpc) is 2.83. The fraction of sp³-hybridized carbons (Fsp3) is 0.240. The first-order valence-electron chi connectivity index (χ1n) is 10.5. The van der Waals surface area contributed by atoms with E-state index in [0.29, 0.717) is 13.1 Å². The monoisotopic (exact) mass is 412 g/mol. The molecule has 0 atom stereocenters. The molecule has 3 aromatic rings. The molecule has 158 valence electrons. The zero-order valence-electron chi connectivity index (χ0n) is 17.7. The van der Waals surface area contributed by atoms with Gasteiger partial charge in [-0.2, -0.15) is 0 Å². The Bertz CT molecular complexity index is 812. The summed E-state index contributed by atoms with van der Waals surface area (Å²) in [6, 6.07) is 21.8. The average molecular weight is 413 g/mol. The van der Waals surface area contributed by atoms with Crippen molar-refractivity contribution in [1.82, 2.24) is 14.9 Å². The maximum Gasteiger partial charge on any atom is 0.0807 e. The minimum absolute atomic E-state index is 0.711. The van der Waals surface area contributed by atoms with E-state index in [1.807, 2.05) is 73.2 Å². The number of pyridine rings is 2. The van der Waals surface area contributed by atoms with Crippen molar-refractivity contribution >= 4 is 18.6 Å². The van der Waals surface area contributed by atoms with Crippen molar-refractivity contribution in [2.75, 3.05) is 39.3 Å². The second-order valence-electron chi connectivity index (χ2n) is 6.87. The molecule has 0 aliphatic rings. The van der Waals surface area contributed by atoms with Gasteiger partial charge < -0.3 is 0 Å². The molecule has 1 aromatic carbocycles. The van der Waals surface area contributed by atoms with E-state index < -0.39 is 0 Å². The smallest absolute Gasteiger partial charge is 0.0807 e. The second-order valence-corrected chi connectivity index (χ2v) is 6.87. The minimum atomic E-state index is 0.711. The van der Waals surface area contributed by atoms with Crippen LogP contribution < -0.4 is 0 Å². The second kappa shape index (κ2) is 13.7. The van der Waals surface area contributed by atoms with E-state index in [1.54, 1.807) is 12.4 Å². The number of nitrogens with zero attached hydrogens (tertiary/aromatic N) is 6. The van der Waals surface area contributed by atoms with E-state index in [4.69, 9.17) is 0 Å². The Morgan fingerprint density at radius 2 is 1.06 bits per heavy atom. The Hall–Kier alpha value is -3.51. The lowest BCUT2D eigenvalue weighted by Gasteiger charge is -2.19. The molecule has 0 saturated carbocycles. The molecule has 3 rings (SSSR count). The van der Waals surface area contributed by atoms with Gasteiger partial charge in [-0.15, -0.1) is 0 Å². The Morgan fingerprint density at radius 1 is 0.581 bits per heavy atom. The molecule has 2 aromatic heterocycles. The highest BCUT2D eigenvalue weighted by molar-refractivity contribution is 5.79. The van der Waals surface area contributed by atoms with Crippen molar-refractivity contribution in [2.24, 2.45) is 15.0 Å². The lowest BCUT2D eigenvalue weighted by Crippen LogP contribution is -2.31. The number of hydrogen-bond acceptors (Lipinski definition) is 6.